The van der Waals surface area contributed by atoms with Crippen LogP contribution in [0.3, 0.4) is 0 Å². The van der Waals surface area contributed by atoms with Gasteiger partial charge in [0.2, 0.25) is 0 Å². The van der Waals surface area contributed by atoms with E-state index >= 15 is 0 Å². The van der Waals surface area contributed by atoms with Gasteiger partial charge in [-0.2, -0.15) is 0 Å². The van der Waals surface area contributed by atoms with Crippen LogP contribution in [-0.2, 0) is 9.47 Å². The second-order valence-electron chi connectivity index (χ2n) is 7.88. The highest BCUT2D eigenvalue weighted by Gasteiger charge is 2.50. The monoisotopic (exact) mass is 401 g/mol. The lowest BCUT2D eigenvalue weighted by molar-refractivity contribution is -0.145. The maximum atomic E-state index is 13.2. The van der Waals surface area contributed by atoms with Gasteiger partial charge in [0.15, 0.2) is 12.5 Å². The highest BCUT2D eigenvalue weighted by molar-refractivity contribution is 5.70. The van der Waals surface area contributed by atoms with Crippen molar-refractivity contribution in [1.82, 2.24) is 4.90 Å². The molecule has 7 heteroatoms. The SMILES string of the molecule is COc1ccc(C2O[C@H](C(O)O)[C@H](c3ccccc3)N2C(=O)OC(C)(C)C)cc1. The van der Waals surface area contributed by atoms with Gasteiger partial charge in [0.1, 0.15) is 17.5 Å². The highest BCUT2D eigenvalue weighted by Crippen LogP contribution is 2.45. The van der Waals surface area contributed by atoms with Gasteiger partial charge in [0.05, 0.1) is 13.2 Å². The molecule has 1 fully saturated rings. The van der Waals surface area contributed by atoms with Crippen LogP contribution in [0.2, 0.25) is 0 Å². The minimum absolute atomic E-state index is 0.602. The molecule has 2 aromatic rings. The van der Waals surface area contributed by atoms with E-state index in [-0.39, 0.29) is 0 Å². The normalized spacial score (nSPS) is 22.0. The summed E-state index contributed by atoms with van der Waals surface area (Å²) in [5.74, 6) is 0.661. The van der Waals surface area contributed by atoms with Gasteiger partial charge in [-0.25, -0.2) is 4.79 Å². The molecule has 0 spiro atoms. The minimum Gasteiger partial charge on any atom is -0.497 e. The summed E-state index contributed by atoms with van der Waals surface area (Å²) in [6.07, 6.45) is -4.28. The summed E-state index contributed by atoms with van der Waals surface area (Å²) in [4.78, 5) is 14.6. The van der Waals surface area contributed by atoms with Crippen molar-refractivity contribution < 1.29 is 29.2 Å². The van der Waals surface area contributed by atoms with E-state index in [1.165, 1.54) is 4.90 Å². The zero-order chi connectivity index (χ0) is 21.2. The van der Waals surface area contributed by atoms with E-state index in [2.05, 4.69) is 0 Å². The number of methoxy groups -OCH3 is 1. The molecule has 0 bridgehead atoms. The molecule has 3 atom stereocenters. The van der Waals surface area contributed by atoms with E-state index in [1.807, 2.05) is 30.3 Å². The van der Waals surface area contributed by atoms with Crippen LogP contribution in [0.4, 0.5) is 4.79 Å². The Labute approximate surface area is 170 Å². The molecule has 1 amide bonds. The van der Waals surface area contributed by atoms with Crippen molar-refractivity contribution in [2.24, 2.45) is 0 Å². The summed E-state index contributed by atoms with van der Waals surface area (Å²) in [7, 11) is 1.57. The molecule has 0 aliphatic carbocycles. The van der Waals surface area contributed by atoms with Crippen molar-refractivity contribution in [3.8, 4) is 5.75 Å². The fourth-order valence-corrected chi connectivity index (χ4v) is 3.36. The summed E-state index contributed by atoms with van der Waals surface area (Å²) < 4.78 is 16.8. The van der Waals surface area contributed by atoms with Crippen molar-refractivity contribution >= 4 is 6.09 Å². The van der Waals surface area contributed by atoms with Crippen molar-refractivity contribution in [1.29, 1.82) is 0 Å². The first-order chi connectivity index (χ1) is 13.7. The van der Waals surface area contributed by atoms with Gasteiger partial charge in [0, 0.05) is 5.56 Å². The Hall–Kier alpha value is -2.61. The van der Waals surface area contributed by atoms with Crippen LogP contribution < -0.4 is 4.74 Å². The van der Waals surface area contributed by atoms with E-state index in [1.54, 1.807) is 52.1 Å². The number of aliphatic hydroxyl groups excluding tert-OH is 1. The first-order valence-electron chi connectivity index (χ1n) is 9.43. The Bertz CT molecular complexity index is 815. The molecule has 1 aliphatic heterocycles. The van der Waals surface area contributed by atoms with E-state index in [9.17, 15) is 15.0 Å². The quantitative estimate of drug-likeness (QED) is 0.764. The van der Waals surface area contributed by atoms with Gasteiger partial charge in [-0.05, 0) is 38.5 Å². The molecule has 1 unspecified atom stereocenters. The van der Waals surface area contributed by atoms with Crippen molar-refractivity contribution in [3.63, 3.8) is 0 Å². The number of nitrogens with zero attached hydrogens (tertiary/aromatic N) is 1. The molecule has 3 rings (SSSR count). The van der Waals surface area contributed by atoms with Gasteiger partial charge in [-0.15, -0.1) is 0 Å². The third-order valence-electron chi connectivity index (χ3n) is 4.59. The predicted octanol–water partition coefficient (Wildman–Crippen LogP) is 3.38. The number of hydrogen-bond donors (Lipinski definition) is 2. The topological polar surface area (TPSA) is 88.5 Å². The standard InChI is InChI=1S/C22H27NO6/c1-22(2,3)29-21(26)23-17(14-8-6-5-7-9-14)18(20(24)25)28-19(23)15-10-12-16(27-4)13-11-15/h5-13,17-20,24-25H,1-4H3/t17-,18-,19?/m0/s1. The Morgan fingerprint density at radius 2 is 1.66 bits per heavy atom. The summed E-state index contributed by atoms with van der Waals surface area (Å²) in [5, 5.41) is 20.0. The molecule has 1 saturated heterocycles. The fourth-order valence-electron chi connectivity index (χ4n) is 3.36. The second-order valence-corrected chi connectivity index (χ2v) is 7.88. The molecule has 7 nitrogen and oxygen atoms in total. The Kier molecular flexibility index (Phi) is 6.12. The zero-order valence-corrected chi connectivity index (χ0v) is 17.0. The Morgan fingerprint density at radius 1 is 1.03 bits per heavy atom. The first kappa shape index (κ1) is 21.1. The third kappa shape index (κ3) is 4.70. The Morgan fingerprint density at radius 3 is 2.17 bits per heavy atom. The van der Waals surface area contributed by atoms with Gasteiger partial charge in [-0.1, -0.05) is 42.5 Å². The van der Waals surface area contributed by atoms with E-state index in [0.717, 1.165) is 0 Å². The number of amides is 1. The number of carbonyl (C=O) groups is 1. The molecule has 0 radical (unpaired) electrons. The van der Waals surface area contributed by atoms with E-state index in [0.29, 0.717) is 16.9 Å². The van der Waals surface area contributed by atoms with E-state index in [4.69, 9.17) is 14.2 Å². The van der Waals surface area contributed by atoms with Crippen molar-refractivity contribution in [2.75, 3.05) is 7.11 Å². The lowest BCUT2D eigenvalue weighted by Gasteiger charge is -2.32. The van der Waals surface area contributed by atoms with Crippen molar-refractivity contribution in [3.05, 3.63) is 65.7 Å². The molecular formula is C22H27NO6. The molecule has 156 valence electrons. The molecule has 29 heavy (non-hydrogen) atoms. The van der Waals surface area contributed by atoms with Crippen LogP contribution >= 0.6 is 0 Å². The fraction of sp³-hybridized carbons (Fsp3) is 0.409. The maximum Gasteiger partial charge on any atom is 0.413 e. The van der Waals surface area contributed by atoms with Gasteiger partial charge in [0.25, 0.3) is 0 Å². The van der Waals surface area contributed by atoms with Gasteiger partial charge < -0.3 is 24.4 Å². The molecule has 1 aliphatic rings. The number of benzene rings is 2. The minimum atomic E-state index is -1.78. The lowest BCUT2D eigenvalue weighted by Crippen LogP contribution is -2.41. The summed E-state index contributed by atoms with van der Waals surface area (Å²) >= 11 is 0. The van der Waals surface area contributed by atoms with Gasteiger partial charge in [-0.3, -0.25) is 4.90 Å². The van der Waals surface area contributed by atoms with Crippen LogP contribution in [0.5, 0.6) is 5.75 Å². The maximum absolute atomic E-state index is 13.2. The largest absolute Gasteiger partial charge is 0.497 e. The summed E-state index contributed by atoms with van der Waals surface area (Å²) in [5.41, 5.74) is 0.659. The second kappa shape index (κ2) is 8.41. The highest BCUT2D eigenvalue weighted by atomic mass is 16.6. The molecule has 0 aromatic heterocycles. The number of hydrogen-bond acceptors (Lipinski definition) is 6. The molecule has 2 N–H and O–H groups in total. The van der Waals surface area contributed by atoms with Crippen LogP contribution in [0.25, 0.3) is 0 Å². The summed E-state index contributed by atoms with van der Waals surface area (Å²) in [6.45, 7) is 5.33. The summed E-state index contributed by atoms with van der Waals surface area (Å²) in [6, 6.07) is 15.5. The molecule has 1 heterocycles. The number of rotatable bonds is 4. The molecule has 2 aromatic carbocycles. The van der Waals surface area contributed by atoms with Gasteiger partial charge >= 0.3 is 6.09 Å². The third-order valence-corrected chi connectivity index (χ3v) is 4.59. The average Bonchev–Trinajstić information content (AvgIpc) is 3.08. The van der Waals surface area contributed by atoms with E-state index < -0.39 is 36.4 Å². The average molecular weight is 401 g/mol. The number of carbonyl (C=O) groups excluding carboxylic acids is 1. The van der Waals surface area contributed by atoms with Crippen LogP contribution in [0.15, 0.2) is 54.6 Å². The zero-order valence-electron chi connectivity index (χ0n) is 17.0. The first-order valence-corrected chi connectivity index (χ1v) is 9.43. The molecule has 0 saturated carbocycles. The van der Waals surface area contributed by atoms with Crippen molar-refractivity contribution in [2.45, 2.75) is 51.0 Å². The number of aliphatic hydroxyl groups is 2. The molecular weight excluding hydrogens is 374 g/mol. The van der Waals surface area contributed by atoms with Crippen LogP contribution in [0.1, 0.15) is 44.2 Å². The smallest absolute Gasteiger partial charge is 0.413 e. The Balaban J connectivity index is 2.06. The van der Waals surface area contributed by atoms with Crippen LogP contribution in [-0.4, -0.2) is 46.3 Å². The predicted molar refractivity (Wildman–Crippen MR) is 106 cm³/mol. The number of ether oxygens (including phenoxy) is 3. The van der Waals surface area contributed by atoms with Crippen LogP contribution in [0, 0.1) is 0 Å². The lowest BCUT2D eigenvalue weighted by atomic mass is 10.00.